The molecule has 0 saturated heterocycles. The maximum atomic E-state index is 12.8. The number of thioether (sulfide) groups is 1. The first-order chi connectivity index (χ1) is 15.0. The van der Waals surface area contributed by atoms with Crippen molar-refractivity contribution in [1.29, 1.82) is 0 Å². The van der Waals surface area contributed by atoms with E-state index in [0.29, 0.717) is 17.9 Å². The third-order valence-corrected chi connectivity index (χ3v) is 5.30. The summed E-state index contributed by atoms with van der Waals surface area (Å²) in [4.78, 5) is 56.0. The lowest BCUT2D eigenvalue weighted by Crippen LogP contribution is -2.57. The molecule has 0 radical (unpaired) electrons. The molecular weight excluding hydrogens is 436 g/mol. The van der Waals surface area contributed by atoms with Crippen molar-refractivity contribution in [2.45, 2.75) is 64.2 Å². The second-order valence-electron chi connectivity index (χ2n) is 7.99. The number of nitrogens with one attached hydrogen (secondary N) is 4. The van der Waals surface area contributed by atoms with Gasteiger partial charge in [0.15, 0.2) is 0 Å². The van der Waals surface area contributed by atoms with Gasteiger partial charge in [-0.25, -0.2) is 9.78 Å². The van der Waals surface area contributed by atoms with Crippen molar-refractivity contribution in [3.63, 3.8) is 0 Å². The molecule has 0 aliphatic carbocycles. The zero-order valence-electron chi connectivity index (χ0n) is 18.9. The van der Waals surface area contributed by atoms with Crippen LogP contribution in [0.5, 0.6) is 0 Å². The average molecular weight is 471 g/mol. The fraction of sp³-hybridized carbons (Fsp3) is 0.650. The van der Waals surface area contributed by atoms with Crippen LogP contribution in [-0.4, -0.2) is 74.9 Å². The van der Waals surface area contributed by atoms with Gasteiger partial charge in [0.05, 0.1) is 12.4 Å². The van der Waals surface area contributed by atoms with E-state index in [9.17, 15) is 24.3 Å². The first-order valence-corrected chi connectivity index (χ1v) is 11.8. The molecule has 3 amide bonds. The van der Waals surface area contributed by atoms with Gasteiger partial charge in [0.2, 0.25) is 17.7 Å². The van der Waals surface area contributed by atoms with E-state index < -0.39 is 47.9 Å². The van der Waals surface area contributed by atoms with Crippen LogP contribution >= 0.6 is 11.8 Å². The molecule has 4 atom stereocenters. The van der Waals surface area contributed by atoms with Gasteiger partial charge >= 0.3 is 5.97 Å². The number of imidazole rings is 1. The maximum absolute atomic E-state index is 12.8. The lowest BCUT2D eigenvalue weighted by Gasteiger charge is -2.24. The largest absolute Gasteiger partial charge is 0.480 e. The van der Waals surface area contributed by atoms with E-state index in [1.807, 2.05) is 20.1 Å². The standard InChI is InChI=1S/C20H34N6O5S/c1-11(2)7-16(20(30)31)26-19(29)15(8-13-9-22-10-23-13)25-17(27)12(3)24-18(28)14(21)5-6-32-4/h9-12,14-16H,5-8,21H2,1-4H3,(H,22,23)(H,24,28)(H,25,27)(H,26,29)(H,30,31). The molecule has 1 aromatic rings. The van der Waals surface area contributed by atoms with E-state index in [4.69, 9.17) is 5.73 Å². The monoisotopic (exact) mass is 470 g/mol. The number of carboxylic acid groups (broad SMARTS) is 1. The van der Waals surface area contributed by atoms with Gasteiger partial charge in [-0.3, -0.25) is 14.4 Å². The molecule has 12 heteroatoms. The van der Waals surface area contributed by atoms with Gasteiger partial charge in [0.1, 0.15) is 18.1 Å². The van der Waals surface area contributed by atoms with Crippen LogP contribution < -0.4 is 21.7 Å². The van der Waals surface area contributed by atoms with Crippen molar-refractivity contribution < 1.29 is 24.3 Å². The van der Waals surface area contributed by atoms with Crippen molar-refractivity contribution in [2.75, 3.05) is 12.0 Å². The van der Waals surface area contributed by atoms with Gasteiger partial charge in [-0.15, -0.1) is 0 Å². The van der Waals surface area contributed by atoms with Crippen LogP contribution in [0.25, 0.3) is 0 Å². The van der Waals surface area contributed by atoms with Crippen molar-refractivity contribution >= 4 is 35.5 Å². The van der Waals surface area contributed by atoms with E-state index in [0.717, 1.165) is 0 Å². The number of H-pyrrole nitrogens is 1. The average Bonchev–Trinajstić information content (AvgIpc) is 3.23. The fourth-order valence-corrected chi connectivity index (χ4v) is 3.34. The van der Waals surface area contributed by atoms with Crippen molar-refractivity contribution in [1.82, 2.24) is 25.9 Å². The number of carbonyl (C=O) groups is 4. The number of nitrogens with two attached hydrogens (primary N) is 1. The normalized spacial score (nSPS) is 14.8. The number of carboxylic acids is 1. The lowest BCUT2D eigenvalue weighted by atomic mass is 10.0. The van der Waals surface area contributed by atoms with Gasteiger partial charge in [-0.1, -0.05) is 13.8 Å². The molecule has 1 heterocycles. The molecule has 1 rings (SSSR count). The summed E-state index contributed by atoms with van der Waals surface area (Å²) in [6.07, 6.45) is 5.63. The van der Waals surface area contributed by atoms with Crippen LogP contribution in [0.3, 0.4) is 0 Å². The number of hydrogen-bond donors (Lipinski definition) is 6. The smallest absolute Gasteiger partial charge is 0.326 e. The molecule has 32 heavy (non-hydrogen) atoms. The Morgan fingerprint density at radius 3 is 2.28 bits per heavy atom. The SMILES string of the molecule is CSCCC(N)C(=O)NC(C)C(=O)NC(Cc1cnc[nH]1)C(=O)NC(CC(C)C)C(=O)O. The van der Waals surface area contributed by atoms with E-state index in [2.05, 4.69) is 25.9 Å². The van der Waals surface area contributed by atoms with Crippen molar-refractivity contribution in [3.8, 4) is 0 Å². The molecule has 0 bridgehead atoms. The van der Waals surface area contributed by atoms with Gasteiger partial charge in [-0.05, 0) is 37.7 Å². The summed E-state index contributed by atoms with van der Waals surface area (Å²) in [5.74, 6) is -2.09. The molecule has 0 aliphatic heterocycles. The maximum Gasteiger partial charge on any atom is 0.326 e. The summed E-state index contributed by atoms with van der Waals surface area (Å²) in [5.41, 5.74) is 6.41. The number of hydrogen-bond acceptors (Lipinski definition) is 7. The van der Waals surface area contributed by atoms with Gasteiger partial charge in [0.25, 0.3) is 0 Å². The van der Waals surface area contributed by atoms with E-state index >= 15 is 0 Å². The Morgan fingerprint density at radius 1 is 1.09 bits per heavy atom. The molecule has 0 saturated carbocycles. The van der Waals surface area contributed by atoms with Crippen molar-refractivity contribution in [3.05, 3.63) is 18.2 Å². The summed E-state index contributed by atoms with van der Waals surface area (Å²) in [7, 11) is 0. The molecule has 11 nitrogen and oxygen atoms in total. The molecule has 1 aromatic heterocycles. The topological polar surface area (TPSA) is 179 Å². The van der Waals surface area contributed by atoms with Crippen molar-refractivity contribution in [2.24, 2.45) is 11.7 Å². The van der Waals surface area contributed by atoms with E-state index in [1.54, 1.807) is 11.8 Å². The molecule has 0 aromatic carbocycles. The van der Waals surface area contributed by atoms with Crippen LogP contribution in [0.1, 0.15) is 39.3 Å². The molecule has 0 spiro atoms. The highest BCUT2D eigenvalue weighted by molar-refractivity contribution is 7.98. The summed E-state index contributed by atoms with van der Waals surface area (Å²) >= 11 is 1.56. The number of carbonyl (C=O) groups excluding carboxylic acids is 3. The van der Waals surface area contributed by atoms with Crippen LogP contribution in [0.2, 0.25) is 0 Å². The molecule has 180 valence electrons. The minimum atomic E-state index is -1.15. The van der Waals surface area contributed by atoms with E-state index in [1.165, 1.54) is 19.4 Å². The summed E-state index contributed by atoms with van der Waals surface area (Å²) in [6, 6.07) is -3.84. The highest BCUT2D eigenvalue weighted by Gasteiger charge is 2.29. The third-order valence-electron chi connectivity index (χ3n) is 4.66. The van der Waals surface area contributed by atoms with E-state index in [-0.39, 0.29) is 18.8 Å². The van der Waals surface area contributed by atoms with Crippen LogP contribution in [0.4, 0.5) is 0 Å². The predicted molar refractivity (Wildman–Crippen MR) is 122 cm³/mol. The van der Waals surface area contributed by atoms with Gasteiger partial charge < -0.3 is 31.8 Å². The first-order valence-electron chi connectivity index (χ1n) is 10.4. The number of aromatic amines is 1. The number of aromatic nitrogens is 2. The minimum absolute atomic E-state index is 0.0441. The minimum Gasteiger partial charge on any atom is -0.480 e. The Labute approximate surface area is 192 Å². The zero-order chi connectivity index (χ0) is 24.3. The van der Waals surface area contributed by atoms with Crippen LogP contribution in [0.15, 0.2) is 12.5 Å². The molecule has 0 aliphatic rings. The highest BCUT2D eigenvalue weighted by Crippen LogP contribution is 2.07. The molecule has 0 fully saturated rings. The summed E-state index contributed by atoms with van der Waals surface area (Å²) in [6.45, 7) is 5.18. The Balaban J connectivity index is 2.84. The van der Waals surface area contributed by atoms with Gasteiger partial charge in [0, 0.05) is 18.3 Å². The Hall–Kier alpha value is -2.60. The molecule has 7 N–H and O–H groups in total. The Kier molecular flexibility index (Phi) is 11.8. The first kappa shape index (κ1) is 27.4. The number of rotatable bonds is 14. The predicted octanol–water partition coefficient (Wildman–Crippen LogP) is -0.362. The highest BCUT2D eigenvalue weighted by atomic mass is 32.2. The van der Waals surface area contributed by atoms with Gasteiger partial charge in [-0.2, -0.15) is 11.8 Å². The summed E-state index contributed by atoms with van der Waals surface area (Å²) in [5, 5.41) is 17.0. The number of nitrogens with zero attached hydrogens (tertiary/aromatic N) is 1. The van der Waals surface area contributed by atoms with Crippen LogP contribution in [0, 0.1) is 5.92 Å². The quantitative estimate of drug-likeness (QED) is 0.213. The zero-order valence-corrected chi connectivity index (χ0v) is 19.7. The second-order valence-corrected chi connectivity index (χ2v) is 8.97. The Bertz CT molecular complexity index is 758. The number of amides is 3. The fourth-order valence-electron chi connectivity index (χ4n) is 2.85. The molecule has 4 unspecified atom stereocenters. The summed E-state index contributed by atoms with van der Waals surface area (Å²) < 4.78 is 0. The Morgan fingerprint density at radius 2 is 1.75 bits per heavy atom. The second kappa shape index (κ2) is 13.7. The van der Waals surface area contributed by atoms with Crippen LogP contribution in [-0.2, 0) is 25.6 Å². The lowest BCUT2D eigenvalue weighted by molar-refractivity contribution is -0.142. The molecular formula is C20H34N6O5S. The number of aliphatic carboxylic acids is 1. The third kappa shape index (κ3) is 9.69.